The van der Waals surface area contributed by atoms with Gasteiger partial charge in [-0.25, -0.2) is 0 Å². The summed E-state index contributed by atoms with van der Waals surface area (Å²) in [4.78, 5) is 0. The normalized spacial score (nSPS) is 31.4. The third-order valence-electron chi connectivity index (χ3n) is 2.77. The number of hydrogen-bond donors (Lipinski definition) is 1. The third kappa shape index (κ3) is 0.924. The van der Waals surface area contributed by atoms with Gasteiger partial charge >= 0.3 is 0 Å². The van der Waals surface area contributed by atoms with Crippen LogP contribution in [0.3, 0.4) is 0 Å². The number of hydrogen-bond acceptors (Lipinski definition) is 2. The van der Waals surface area contributed by atoms with Crippen LogP contribution in [0.5, 0.6) is 0 Å². The van der Waals surface area contributed by atoms with Crippen LogP contribution in [0.25, 0.3) is 0 Å². The highest BCUT2D eigenvalue weighted by molar-refractivity contribution is 5.26. The Kier molecular flexibility index (Phi) is 1.48. The van der Waals surface area contributed by atoms with Gasteiger partial charge in [0.1, 0.15) is 5.60 Å². The molecular weight excluding hydrogens is 140 g/mol. The van der Waals surface area contributed by atoms with Crippen molar-refractivity contribution in [2.45, 2.75) is 40.2 Å². The largest absolute Gasteiger partial charge is 0.481 e. The summed E-state index contributed by atoms with van der Waals surface area (Å²) in [6.45, 7) is 10.2. The SMILES string of the molecule is CC1=C(O)OC1(C)C(C)(C)C. The zero-order chi connectivity index (χ0) is 8.86. The maximum Gasteiger partial charge on any atom is 0.280 e. The fourth-order valence-electron chi connectivity index (χ4n) is 1.22. The molecule has 1 rings (SSSR count). The Labute approximate surface area is 67.9 Å². The Balaban J connectivity index is 2.93. The van der Waals surface area contributed by atoms with E-state index in [4.69, 9.17) is 9.84 Å². The highest BCUT2D eigenvalue weighted by Crippen LogP contribution is 2.47. The van der Waals surface area contributed by atoms with Gasteiger partial charge in [-0.2, -0.15) is 0 Å². The molecule has 0 radical (unpaired) electrons. The summed E-state index contributed by atoms with van der Waals surface area (Å²) in [5.74, 6) is 0.0995. The molecule has 1 atom stereocenters. The first-order valence-corrected chi connectivity index (χ1v) is 3.88. The lowest BCUT2D eigenvalue weighted by Gasteiger charge is -2.48. The van der Waals surface area contributed by atoms with E-state index in [0.29, 0.717) is 0 Å². The molecule has 1 N–H and O–H groups in total. The highest BCUT2D eigenvalue weighted by Gasteiger charge is 2.50. The van der Waals surface area contributed by atoms with Crippen molar-refractivity contribution in [3.05, 3.63) is 11.5 Å². The van der Waals surface area contributed by atoms with Crippen LogP contribution >= 0.6 is 0 Å². The molecule has 1 heterocycles. The summed E-state index contributed by atoms with van der Waals surface area (Å²) >= 11 is 0. The van der Waals surface area contributed by atoms with Gasteiger partial charge in [0.25, 0.3) is 5.95 Å². The van der Waals surface area contributed by atoms with E-state index in [1.54, 1.807) is 0 Å². The molecule has 0 aromatic heterocycles. The molecule has 0 fully saturated rings. The van der Waals surface area contributed by atoms with Gasteiger partial charge in [0.15, 0.2) is 0 Å². The van der Waals surface area contributed by atoms with Gasteiger partial charge < -0.3 is 9.84 Å². The second-order valence-electron chi connectivity index (χ2n) is 4.32. The predicted molar refractivity (Wildman–Crippen MR) is 44.3 cm³/mol. The van der Waals surface area contributed by atoms with Gasteiger partial charge in [0, 0.05) is 5.41 Å². The average molecular weight is 156 g/mol. The van der Waals surface area contributed by atoms with E-state index in [1.807, 2.05) is 13.8 Å². The van der Waals surface area contributed by atoms with Crippen LogP contribution < -0.4 is 0 Å². The Bertz CT molecular complexity index is 210. The van der Waals surface area contributed by atoms with E-state index in [2.05, 4.69) is 20.8 Å². The molecule has 0 saturated carbocycles. The van der Waals surface area contributed by atoms with Crippen LogP contribution in [0.4, 0.5) is 0 Å². The van der Waals surface area contributed by atoms with Crippen LogP contribution in [0, 0.1) is 5.41 Å². The van der Waals surface area contributed by atoms with E-state index in [9.17, 15) is 0 Å². The second kappa shape index (κ2) is 1.93. The molecular formula is C9H16O2. The zero-order valence-electron chi connectivity index (χ0n) is 7.86. The van der Waals surface area contributed by atoms with Crippen molar-refractivity contribution in [2.75, 3.05) is 0 Å². The fourth-order valence-corrected chi connectivity index (χ4v) is 1.22. The lowest BCUT2D eigenvalue weighted by Crippen LogP contribution is -2.50. The molecule has 11 heavy (non-hydrogen) atoms. The molecule has 0 spiro atoms. The standard InChI is InChI=1S/C9H16O2/c1-6-7(10)11-9(6,5)8(2,3)4/h10H,1-5H3. The summed E-state index contributed by atoms with van der Waals surface area (Å²) in [6.07, 6.45) is 0. The summed E-state index contributed by atoms with van der Waals surface area (Å²) in [6, 6.07) is 0. The van der Waals surface area contributed by atoms with Crippen LogP contribution in [-0.4, -0.2) is 10.7 Å². The second-order valence-corrected chi connectivity index (χ2v) is 4.32. The molecule has 0 amide bonds. The number of aliphatic hydroxyl groups is 1. The molecule has 2 heteroatoms. The lowest BCUT2D eigenvalue weighted by atomic mass is 9.71. The van der Waals surface area contributed by atoms with E-state index >= 15 is 0 Å². The number of rotatable bonds is 0. The van der Waals surface area contributed by atoms with Crippen LogP contribution in [0.2, 0.25) is 0 Å². The van der Waals surface area contributed by atoms with Crippen LogP contribution in [-0.2, 0) is 4.74 Å². The Morgan fingerprint density at radius 2 is 1.82 bits per heavy atom. The summed E-state index contributed by atoms with van der Waals surface area (Å²) in [7, 11) is 0. The maximum absolute atomic E-state index is 9.07. The molecule has 0 bridgehead atoms. The molecule has 0 aromatic carbocycles. The zero-order valence-corrected chi connectivity index (χ0v) is 7.86. The molecule has 64 valence electrons. The Morgan fingerprint density at radius 3 is 1.91 bits per heavy atom. The summed E-state index contributed by atoms with van der Waals surface area (Å²) < 4.78 is 5.24. The van der Waals surface area contributed by atoms with Gasteiger partial charge in [0.2, 0.25) is 0 Å². The van der Waals surface area contributed by atoms with Gasteiger partial charge in [-0.1, -0.05) is 20.8 Å². The van der Waals surface area contributed by atoms with E-state index < -0.39 is 0 Å². The van der Waals surface area contributed by atoms with Gasteiger partial charge in [-0.05, 0) is 13.8 Å². The minimum Gasteiger partial charge on any atom is -0.481 e. The highest BCUT2D eigenvalue weighted by atomic mass is 16.6. The molecule has 2 nitrogen and oxygen atoms in total. The maximum atomic E-state index is 9.07. The minimum atomic E-state index is -0.281. The number of ether oxygens (including phenoxy) is 1. The predicted octanol–water partition coefficient (Wildman–Crippen LogP) is 2.61. The van der Waals surface area contributed by atoms with E-state index in [0.717, 1.165) is 5.57 Å². The average Bonchev–Trinajstić information content (AvgIpc) is 1.85. The van der Waals surface area contributed by atoms with Crippen molar-refractivity contribution in [3.8, 4) is 0 Å². The lowest BCUT2D eigenvalue weighted by molar-refractivity contribution is -0.133. The first-order chi connectivity index (χ1) is 4.79. The Hall–Kier alpha value is -0.660. The van der Waals surface area contributed by atoms with Gasteiger partial charge in [-0.3, -0.25) is 0 Å². The first-order valence-electron chi connectivity index (χ1n) is 3.88. The minimum absolute atomic E-state index is 0.0450. The molecule has 0 saturated heterocycles. The van der Waals surface area contributed by atoms with Crippen molar-refractivity contribution in [1.29, 1.82) is 0 Å². The quantitative estimate of drug-likeness (QED) is 0.584. The van der Waals surface area contributed by atoms with Crippen LogP contribution in [0.1, 0.15) is 34.6 Å². The van der Waals surface area contributed by atoms with Crippen molar-refractivity contribution < 1.29 is 9.84 Å². The smallest absolute Gasteiger partial charge is 0.280 e. The van der Waals surface area contributed by atoms with Crippen LogP contribution in [0.15, 0.2) is 11.5 Å². The summed E-state index contributed by atoms with van der Waals surface area (Å²) in [5, 5.41) is 9.07. The molecule has 0 aliphatic carbocycles. The van der Waals surface area contributed by atoms with Gasteiger partial charge in [-0.15, -0.1) is 0 Å². The summed E-state index contributed by atoms with van der Waals surface area (Å²) in [5.41, 5.74) is 0.713. The number of aliphatic hydroxyl groups excluding tert-OH is 1. The van der Waals surface area contributed by atoms with Crippen molar-refractivity contribution in [3.63, 3.8) is 0 Å². The molecule has 1 aliphatic rings. The third-order valence-corrected chi connectivity index (χ3v) is 2.77. The van der Waals surface area contributed by atoms with E-state index in [-0.39, 0.29) is 17.0 Å². The fraction of sp³-hybridized carbons (Fsp3) is 0.778. The topological polar surface area (TPSA) is 29.5 Å². The Morgan fingerprint density at radius 1 is 1.36 bits per heavy atom. The first kappa shape index (κ1) is 8.44. The van der Waals surface area contributed by atoms with Gasteiger partial charge in [0.05, 0.1) is 5.57 Å². The van der Waals surface area contributed by atoms with Crippen molar-refractivity contribution >= 4 is 0 Å². The molecule has 1 aliphatic heterocycles. The van der Waals surface area contributed by atoms with Crippen molar-refractivity contribution in [1.82, 2.24) is 0 Å². The molecule has 0 aromatic rings. The van der Waals surface area contributed by atoms with Crippen molar-refractivity contribution in [2.24, 2.45) is 5.41 Å². The molecule has 1 unspecified atom stereocenters. The van der Waals surface area contributed by atoms with E-state index in [1.165, 1.54) is 0 Å². The monoisotopic (exact) mass is 156 g/mol.